The van der Waals surface area contributed by atoms with Gasteiger partial charge in [0.25, 0.3) is 0 Å². The first kappa shape index (κ1) is 10.6. The van der Waals surface area contributed by atoms with Gasteiger partial charge >= 0.3 is 6.18 Å². The Balaban J connectivity index is 3.09. The monoisotopic (exact) mass is 202 g/mol. The van der Waals surface area contributed by atoms with E-state index in [1.54, 1.807) is 0 Å². The van der Waals surface area contributed by atoms with Gasteiger partial charge in [-0.2, -0.15) is 13.2 Å². The fourth-order valence-corrected chi connectivity index (χ4v) is 0.904. The Morgan fingerprint density at radius 2 is 1.93 bits per heavy atom. The van der Waals surface area contributed by atoms with Gasteiger partial charge < -0.3 is 4.84 Å². The van der Waals surface area contributed by atoms with Crippen LogP contribution >= 0.6 is 0 Å². The van der Waals surface area contributed by atoms with Gasteiger partial charge in [-0.05, 0) is 6.07 Å². The minimum absolute atomic E-state index is 0.0434. The molecule has 1 aromatic rings. The van der Waals surface area contributed by atoms with Gasteiger partial charge in [-0.25, -0.2) is 0 Å². The first-order valence-electron chi connectivity index (χ1n) is 3.70. The van der Waals surface area contributed by atoms with Crippen molar-refractivity contribution >= 4 is 5.71 Å². The van der Waals surface area contributed by atoms with E-state index in [0.717, 1.165) is 7.11 Å². The Bertz CT molecular complexity index is 319. The second-order valence-electron chi connectivity index (χ2n) is 2.41. The Kier molecular flexibility index (Phi) is 3.11. The van der Waals surface area contributed by atoms with Crippen molar-refractivity contribution in [3.63, 3.8) is 0 Å². The summed E-state index contributed by atoms with van der Waals surface area (Å²) in [6.07, 6.45) is -4.52. The van der Waals surface area contributed by atoms with Crippen molar-refractivity contribution in [1.29, 1.82) is 0 Å². The van der Waals surface area contributed by atoms with Crippen LogP contribution in [0.3, 0.4) is 0 Å². The Labute approximate surface area is 79.0 Å². The number of nitrogens with zero attached hydrogens (tertiary/aromatic N) is 1. The molecule has 14 heavy (non-hydrogen) atoms. The number of rotatable bonds is 2. The van der Waals surface area contributed by atoms with Crippen molar-refractivity contribution < 1.29 is 18.0 Å². The highest BCUT2D eigenvalue weighted by Crippen LogP contribution is 2.22. The minimum atomic E-state index is -4.52. The van der Waals surface area contributed by atoms with Crippen LogP contribution < -0.4 is 0 Å². The lowest BCUT2D eigenvalue weighted by Gasteiger charge is -2.08. The number of hydrogen-bond acceptors (Lipinski definition) is 2. The van der Waals surface area contributed by atoms with E-state index >= 15 is 0 Å². The van der Waals surface area contributed by atoms with Crippen LogP contribution in [-0.2, 0) is 4.84 Å². The third-order valence-electron chi connectivity index (χ3n) is 1.44. The van der Waals surface area contributed by atoms with Gasteiger partial charge in [0.05, 0.1) is 0 Å². The molecule has 0 saturated carbocycles. The first-order chi connectivity index (χ1) is 6.55. The predicted molar refractivity (Wildman–Crippen MR) is 44.9 cm³/mol. The molecule has 0 N–H and O–H groups in total. The molecular weight excluding hydrogens is 195 g/mol. The van der Waals surface area contributed by atoms with Crippen LogP contribution in [0.2, 0.25) is 0 Å². The fraction of sp³-hybridized carbons (Fsp3) is 0.222. The molecule has 1 rings (SSSR count). The molecule has 0 bridgehead atoms. The second-order valence-corrected chi connectivity index (χ2v) is 2.41. The molecule has 0 atom stereocenters. The molecule has 0 aliphatic carbocycles. The van der Waals surface area contributed by atoms with Crippen LogP contribution in [0.15, 0.2) is 29.4 Å². The van der Waals surface area contributed by atoms with Gasteiger partial charge in [0.15, 0.2) is 5.71 Å². The largest absolute Gasteiger partial charge is 0.437 e. The minimum Gasteiger partial charge on any atom is -0.399 e. The average Bonchev–Trinajstić information content (AvgIpc) is 2.14. The van der Waals surface area contributed by atoms with Gasteiger partial charge in [0, 0.05) is 5.56 Å². The van der Waals surface area contributed by atoms with E-state index in [9.17, 15) is 13.2 Å². The lowest BCUT2D eigenvalue weighted by molar-refractivity contribution is -0.0607. The molecule has 5 heteroatoms. The highest BCUT2D eigenvalue weighted by atomic mass is 19.4. The van der Waals surface area contributed by atoms with Crippen LogP contribution in [0, 0.1) is 6.07 Å². The molecule has 1 aromatic carbocycles. The summed E-state index contributed by atoms with van der Waals surface area (Å²) in [5.74, 6) is 0. The molecule has 0 unspecified atom stereocenters. The smallest absolute Gasteiger partial charge is 0.399 e. The molecule has 0 heterocycles. The molecule has 0 fully saturated rings. The van der Waals surface area contributed by atoms with Gasteiger partial charge in [-0.3, -0.25) is 0 Å². The molecule has 0 aromatic heterocycles. The van der Waals surface area contributed by atoms with Crippen molar-refractivity contribution in [2.75, 3.05) is 7.11 Å². The highest BCUT2D eigenvalue weighted by molar-refractivity contribution is 6.04. The van der Waals surface area contributed by atoms with Crippen molar-refractivity contribution in [1.82, 2.24) is 0 Å². The molecule has 1 radical (unpaired) electrons. The van der Waals surface area contributed by atoms with E-state index in [2.05, 4.69) is 16.1 Å². The number of alkyl halides is 3. The topological polar surface area (TPSA) is 21.6 Å². The highest BCUT2D eigenvalue weighted by Gasteiger charge is 2.37. The van der Waals surface area contributed by atoms with Crippen LogP contribution in [-0.4, -0.2) is 19.0 Å². The number of oxime groups is 1. The summed E-state index contributed by atoms with van der Waals surface area (Å²) >= 11 is 0. The van der Waals surface area contributed by atoms with E-state index in [1.165, 1.54) is 24.3 Å². The summed E-state index contributed by atoms with van der Waals surface area (Å²) in [6.45, 7) is 0. The maximum Gasteiger partial charge on any atom is 0.437 e. The molecule has 0 saturated heterocycles. The zero-order valence-corrected chi connectivity index (χ0v) is 7.30. The predicted octanol–water partition coefficient (Wildman–Crippen LogP) is 2.40. The van der Waals surface area contributed by atoms with Gasteiger partial charge in [0.1, 0.15) is 7.11 Å². The van der Waals surface area contributed by atoms with E-state index < -0.39 is 11.9 Å². The lowest BCUT2D eigenvalue weighted by Crippen LogP contribution is -2.24. The lowest BCUT2D eigenvalue weighted by atomic mass is 10.1. The Morgan fingerprint density at radius 3 is 2.36 bits per heavy atom. The third-order valence-corrected chi connectivity index (χ3v) is 1.44. The number of hydrogen-bond donors (Lipinski definition) is 0. The van der Waals surface area contributed by atoms with Crippen molar-refractivity contribution in [2.45, 2.75) is 6.18 Å². The van der Waals surface area contributed by atoms with Crippen LogP contribution in [0.1, 0.15) is 5.56 Å². The Morgan fingerprint density at radius 1 is 1.36 bits per heavy atom. The maximum atomic E-state index is 12.4. The van der Waals surface area contributed by atoms with Crippen LogP contribution in [0.4, 0.5) is 13.2 Å². The third kappa shape index (κ3) is 2.48. The quantitative estimate of drug-likeness (QED) is 0.533. The molecular formula is C9H7F3NO. The fourth-order valence-electron chi connectivity index (χ4n) is 0.904. The molecule has 75 valence electrons. The van der Waals surface area contributed by atoms with E-state index in [-0.39, 0.29) is 5.56 Å². The van der Waals surface area contributed by atoms with Crippen molar-refractivity contribution in [2.24, 2.45) is 5.16 Å². The summed E-state index contributed by atoms with van der Waals surface area (Å²) in [5, 5.41) is 2.94. The maximum absolute atomic E-state index is 12.4. The normalized spacial score (nSPS) is 12.7. The number of benzene rings is 1. The van der Waals surface area contributed by atoms with Gasteiger partial charge in [0.2, 0.25) is 0 Å². The van der Waals surface area contributed by atoms with Gasteiger partial charge in [-0.15, -0.1) is 0 Å². The van der Waals surface area contributed by atoms with Crippen molar-refractivity contribution in [3.05, 3.63) is 35.9 Å². The van der Waals surface area contributed by atoms with Crippen LogP contribution in [0.25, 0.3) is 0 Å². The van der Waals surface area contributed by atoms with E-state index in [4.69, 9.17) is 0 Å². The summed E-state index contributed by atoms with van der Waals surface area (Å²) in [4.78, 5) is 4.14. The number of halogens is 3. The molecule has 0 amide bonds. The van der Waals surface area contributed by atoms with Crippen molar-refractivity contribution in [3.8, 4) is 0 Å². The summed E-state index contributed by atoms with van der Waals surface area (Å²) in [5.41, 5.74) is -1.09. The molecule has 2 nitrogen and oxygen atoms in total. The zero-order chi connectivity index (χ0) is 10.6. The van der Waals surface area contributed by atoms with Gasteiger partial charge in [-0.1, -0.05) is 29.4 Å². The standard InChI is InChI=1S/C9H7F3NO/c1-14-13-8(9(10,11)12)7-5-3-2-4-6-7/h3-6H,1H3/b13-8+. The molecule has 0 aliphatic heterocycles. The second kappa shape index (κ2) is 4.13. The molecule has 0 aliphatic rings. The Hall–Kier alpha value is -1.52. The SMILES string of the molecule is CO/N=C(\c1cc[c]cc1)C(F)(F)F. The average molecular weight is 202 g/mol. The summed E-state index contributed by atoms with van der Waals surface area (Å²) < 4.78 is 37.1. The van der Waals surface area contributed by atoms with Crippen LogP contribution in [0.5, 0.6) is 0 Å². The van der Waals surface area contributed by atoms with E-state index in [1.807, 2.05) is 0 Å². The first-order valence-corrected chi connectivity index (χ1v) is 3.70. The molecule has 0 spiro atoms. The summed E-state index contributed by atoms with van der Waals surface area (Å²) in [6, 6.07) is 7.92. The zero-order valence-electron chi connectivity index (χ0n) is 7.30. The summed E-state index contributed by atoms with van der Waals surface area (Å²) in [7, 11) is 1.07. The van der Waals surface area contributed by atoms with E-state index in [0.29, 0.717) is 0 Å².